The minimum absolute atomic E-state index is 0.0223. The van der Waals surface area contributed by atoms with Gasteiger partial charge in [0.05, 0.1) is 31.4 Å². The van der Waals surface area contributed by atoms with Crippen molar-refractivity contribution in [3.05, 3.63) is 51.5 Å². The first-order valence-electron chi connectivity index (χ1n) is 11.1. The van der Waals surface area contributed by atoms with Crippen molar-refractivity contribution in [2.24, 2.45) is 0 Å². The Morgan fingerprint density at radius 2 is 1.88 bits per heavy atom. The van der Waals surface area contributed by atoms with Crippen LogP contribution in [0.4, 0.5) is 8.78 Å². The van der Waals surface area contributed by atoms with Gasteiger partial charge in [0.2, 0.25) is 5.91 Å². The summed E-state index contributed by atoms with van der Waals surface area (Å²) in [6, 6.07) is 3.23. The van der Waals surface area contributed by atoms with Crippen molar-refractivity contribution < 1.29 is 32.6 Å². The molecule has 2 heterocycles. The Bertz CT molecular complexity index is 950. The lowest BCUT2D eigenvalue weighted by molar-refractivity contribution is -0.137. The molecule has 2 aromatic rings. The number of halogens is 2. The van der Waals surface area contributed by atoms with E-state index in [-0.39, 0.29) is 36.2 Å². The number of rotatable bonds is 12. The number of nitrogens with zero attached hydrogens (tertiary/aromatic N) is 2. The van der Waals surface area contributed by atoms with Crippen molar-refractivity contribution in [1.82, 2.24) is 15.2 Å². The molecule has 1 aromatic carbocycles. The van der Waals surface area contributed by atoms with Gasteiger partial charge < -0.3 is 24.4 Å². The molecule has 1 aromatic heterocycles. The van der Waals surface area contributed by atoms with Gasteiger partial charge >= 0.3 is 0 Å². The number of nitrogens with one attached hydrogen (secondary N) is 1. The molecule has 0 atom stereocenters. The fourth-order valence-electron chi connectivity index (χ4n) is 3.50. The van der Waals surface area contributed by atoms with Crippen molar-refractivity contribution in [3.63, 3.8) is 0 Å². The number of methoxy groups -OCH3 is 1. The highest BCUT2D eigenvalue weighted by Gasteiger charge is 2.26. The van der Waals surface area contributed by atoms with Gasteiger partial charge in [-0.25, -0.2) is 13.8 Å². The van der Waals surface area contributed by atoms with Crippen molar-refractivity contribution in [2.45, 2.75) is 25.3 Å². The molecule has 3 rings (SSSR count). The minimum atomic E-state index is -0.707. The summed E-state index contributed by atoms with van der Waals surface area (Å²) in [7, 11) is 1.60. The molecule has 0 spiro atoms. The SMILES string of the molecule is COCCOCCOCC(=O)N1CCC(c2nc(C(=O)NCc3ccc(F)cc3F)cs2)CC1. The number of aromatic nitrogens is 1. The second-order valence-electron chi connectivity index (χ2n) is 7.80. The number of amides is 2. The maximum absolute atomic E-state index is 13.7. The number of ether oxygens (including phenoxy) is 3. The van der Waals surface area contributed by atoms with Crippen LogP contribution >= 0.6 is 11.3 Å². The number of thiazole rings is 1. The second kappa shape index (κ2) is 13.4. The molecule has 1 saturated heterocycles. The van der Waals surface area contributed by atoms with E-state index in [1.54, 1.807) is 17.4 Å². The van der Waals surface area contributed by atoms with Crippen molar-refractivity contribution in [1.29, 1.82) is 0 Å². The smallest absolute Gasteiger partial charge is 0.271 e. The number of carbonyl (C=O) groups is 2. The summed E-state index contributed by atoms with van der Waals surface area (Å²) in [6.07, 6.45) is 1.50. The maximum Gasteiger partial charge on any atom is 0.271 e. The molecule has 8 nitrogen and oxygen atoms in total. The number of benzene rings is 1. The third-order valence-electron chi connectivity index (χ3n) is 5.44. The van der Waals surface area contributed by atoms with Gasteiger partial charge in [-0.2, -0.15) is 0 Å². The Kier molecular flexibility index (Phi) is 10.3. The average molecular weight is 498 g/mol. The molecular formula is C23H29F2N3O5S. The molecule has 1 aliphatic heterocycles. The molecule has 1 aliphatic rings. The molecule has 186 valence electrons. The van der Waals surface area contributed by atoms with Crippen LogP contribution in [0.1, 0.15) is 39.8 Å². The zero-order chi connectivity index (χ0) is 24.3. The third-order valence-corrected chi connectivity index (χ3v) is 6.44. The lowest BCUT2D eigenvalue weighted by Crippen LogP contribution is -2.40. The van der Waals surface area contributed by atoms with Crippen LogP contribution in [0.5, 0.6) is 0 Å². The molecule has 0 aliphatic carbocycles. The van der Waals surface area contributed by atoms with Gasteiger partial charge in [-0.3, -0.25) is 9.59 Å². The van der Waals surface area contributed by atoms with Crippen LogP contribution in [0.25, 0.3) is 0 Å². The van der Waals surface area contributed by atoms with Gasteiger partial charge in [0.15, 0.2) is 0 Å². The van der Waals surface area contributed by atoms with Crippen LogP contribution < -0.4 is 5.32 Å². The summed E-state index contributed by atoms with van der Waals surface area (Å²) in [6.45, 7) is 2.95. The topological polar surface area (TPSA) is 90.0 Å². The highest BCUT2D eigenvalue weighted by Crippen LogP contribution is 2.30. The van der Waals surface area contributed by atoms with E-state index in [2.05, 4.69) is 10.3 Å². The largest absolute Gasteiger partial charge is 0.382 e. The summed E-state index contributed by atoms with van der Waals surface area (Å²) in [5.41, 5.74) is 0.465. The predicted octanol–water partition coefficient (Wildman–Crippen LogP) is 2.74. The van der Waals surface area contributed by atoms with E-state index in [1.165, 1.54) is 17.4 Å². The normalized spacial score (nSPS) is 14.4. The number of hydrogen-bond donors (Lipinski definition) is 1. The van der Waals surface area contributed by atoms with Gasteiger partial charge in [-0.15, -0.1) is 11.3 Å². The van der Waals surface area contributed by atoms with E-state index in [0.717, 1.165) is 30.0 Å². The fraction of sp³-hybridized carbons (Fsp3) is 0.522. The molecule has 1 fully saturated rings. The number of hydrogen-bond acceptors (Lipinski definition) is 7. The van der Waals surface area contributed by atoms with Crippen LogP contribution in [0.2, 0.25) is 0 Å². The summed E-state index contributed by atoms with van der Waals surface area (Å²) in [5.74, 6) is -1.67. The second-order valence-corrected chi connectivity index (χ2v) is 8.69. The Balaban J connectivity index is 1.38. The van der Waals surface area contributed by atoms with E-state index < -0.39 is 17.5 Å². The van der Waals surface area contributed by atoms with Crippen molar-refractivity contribution in [2.75, 3.05) is 53.2 Å². The zero-order valence-electron chi connectivity index (χ0n) is 19.1. The number of piperidine rings is 1. The summed E-state index contributed by atoms with van der Waals surface area (Å²) < 4.78 is 42.3. The number of likely N-dealkylation sites (tertiary alicyclic amines) is 1. The Morgan fingerprint density at radius 3 is 2.62 bits per heavy atom. The summed E-state index contributed by atoms with van der Waals surface area (Å²) in [5, 5.41) is 5.13. The van der Waals surface area contributed by atoms with Crippen molar-refractivity contribution in [3.8, 4) is 0 Å². The van der Waals surface area contributed by atoms with Crippen LogP contribution in [-0.2, 0) is 25.5 Å². The first kappa shape index (κ1) is 26.1. The molecule has 11 heteroatoms. The molecule has 0 unspecified atom stereocenters. The molecule has 0 bridgehead atoms. The van der Waals surface area contributed by atoms with Gasteiger partial charge in [0.1, 0.15) is 23.9 Å². The molecule has 0 saturated carbocycles. The number of carbonyl (C=O) groups excluding carboxylic acids is 2. The van der Waals surface area contributed by atoms with E-state index in [4.69, 9.17) is 14.2 Å². The zero-order valence-corrected chi connectivity index (χ0v) is 19.9. The van der Waals surface area contributed by atoms with Crippen LogP contribution in [0.3, 0.4) is 0 Å². The molecule has 0 radical (unpaired) electrons. The highest BCUT2D eigenvalue weighted by atomic mass is 32.1. The standard InChI is InChI=1S/C23H29F2N3O5S/c1-31-8-9-32-10-11-33-14-21(29)28-6-4-16(5-7-28)23-27-20(15-34-23)22(30)26-13-17-2-3-18(24)12-19(17)25/h2-3,12,15-16H,4-11,13-14H2,1H3,(H,26,30). The summed E-state index contributed by atoms with van der Waals surface area (Å²) in [4.78, 5) is 30.9. The average Bonchev–Trinajstić information content (AvgIpc) is 3.33. The highest BCUT2D eigenvalue weighted by molar-refractivity contribution is 7.09. The summed E-state index contributed by atoms with van der Waals surface area (Å²) >= 11 is 1.40. The first-order valence-corrected chi connectivity index (χ1v) is 12.0. The monoisotopic (exact) mass is 497 g/mol. The molecule has 1 N–H and O–H groups in total. The maximum atomic E-state index is 13.7. The van der Waals surface area contributed by atoms with E-state index in [9.17, 15) is 18.4 Å². The van der Waals surface area contributed by atoms with Crippen molar-refractivity contribution >= 4 is 23.2 Å². The minimum Gasteiger partial charge on any atom is -0.382 e. The lowest BCUT2D eigenvalue weighted by atomic mass is 9.97. The Labute approximate surface area is 201 Å². The van der Waals surface area contributed by atoms with Crippen LogP contribution in [0.15, 0.2) is 23.6 Å². The van der Waals surface area contributed by atoms with Gasteiger partial charge in [0, 0.05) is 49.7 Å². The molecule has 2 amide bonds. The first-order chi connectivity index (χ1) is 16.5. The van der Waals surface area contributed by atoms with E-state index in [0.29, 0.717) is 39.5 Å². The molecular weight excluding hydrogens is 468 g/mol. The fourth-order valence-corrected chi connectivity index (χ4v) is 4.47. The van der Waals surface area contributed by atoms with Crippen LogP contribution in [0, 0.1) is 11.6 Å². The Morgan fingerprint density at radius 1 is 1.15 bits per heavy atom. The van der Waals surface area contributed by atoms with Crippen LogP contribution in [-0.4, -0.2) is 74.9 Å². The Hall–Kier alpha value is -2.47. The van der Waals surface area contributed by atoms with E-state index >= 15 is 0 Å². The van der Waals surface area contributed by atoms with E-state index in [1.807, 2.05) is 0 Å². The quantitative estimate of drug-likeness (QED) is 0.454. The van der Waals surface area contributed by atoms with Gasteiger partial charge in [0.25, 0.3) is 5.91 Å². The third kappa shape index (κ3) is 7.79. The van der Waals surface area contributed by atoms with Gasteiger partial charge in [-0.05, 0) is 18.9 Å². The molecule has 34 heavy (non-hydrogen) atoms. The van der Waals surface area contributed by atoms with Gasteiger partial charge in [-0.1, -0.05) is 6.07 Å². The lowest BCUT2D eigenvalue weighted by Gasteiger charge is -2.31. The predicted molar refractivity (Wildman–Crippen MR) is 122 cm³/mol.